The molecule has 0 aliphatic heterocycles. The Morgan fingerprint density at radius 2 is 1.86 bits per heavy atom. The molecule has 1 aromatic carbocycles. The van der Waals surface area contributed by atoms with Gasteiger partial charge in [-0.25, -0.2) is 9.78 Å². The van der Waals surface area contributed by atoms with Crippen LogP contribution in [0, 0.1) is 0 Å². The van der Waals surface area contributed by atoms with Crippen molar-refractivity contribution in [3.05, 3.63) is 36.5 Å². The van der Waals surface area contributed by atoms with Crippen LogP contribution in [0.1, 0.15) is 20.8 Å². The van der Waals surface area contributed by atoms with E-state index in [1.54, 1.807) is 58.2 Å². The molecule has 0 fully saturated rings. The summed E-state index contributed by atoms with van der Waals surface area (Å²) in [5.74, 6) is 0.914. The summed E-state index contributed by atoms with van der Waals surface area (Å²) in [5, 5.41) is 5.61. The highest BCUT2D eigenvalue weighted by Gasteiger charge is 2.21. The van der Waals surface area contributed by atoms with Gasteiger partial charge in [-0.1, -0.05) is 0 Å². The van der Waals surface area contributed by atoms with Crippen LogP contribution in [0.5, 0.6) is 11.5 Å². The van der Waals surface area contributed by atoms with E-state index in [2.05, 4.69) is 15.6 Å². The molecule has 1 heterocycles. The van der Waals surface area contributed by atoms with Gasteiger partial charge in [0.15, 0.2) is 0 Å². The fraction of sp³-hybridized carbons (Fsp3) is 0.350. The largest absolute Gasteiger partial charge is 0.457 e. The fourth-order valence-electron chi connectivity index (χ4n) is 2.31. The standard InChI is InChI=1S/C20H27N5O4/c1-20(2,3)29-19(27)25(5)12-18(26)24-17-11-14(8-9-23-17)28-13-6-7-16(22-4)15(21)10-13/h6-11,22H,12,21H2,1-5H3,(H,23,24,26). The number of amides is 2. The average molecular weight is 401 g/mol. The summed E-state index contributed by atoms with van der Waals surface area (Å²) in [6.45, 7) is 5.10. The minimum absolute atomic E-state index is 0.177. The number of ether oxygens (including phenoxy) is 2. The molecule has 0 unspecified atom stereocenters. The average Bonchev–Trinajstić information content (AvgIpc) is 2.60. The third-order valence-electron chi connectivity index (χ3n) is 3.61. The van der Waals surface area contributed by atoms with Crippen molar-refractivity contribution in [3.63, 3.8) is 0 Å². The van der Waals surface area contributed by atoms with E-state index in [1.807, 2.05) is 0 Å². The maximum absolute atomic E-state index is 12.2. The Hall–Kier alpha value is -3.49. The van der Waals surface area contributed by atoms with Gasteiger partial charge < -0.3 is 30.7 Å². The van der Waals surface area contributed by atoms with Crippen LogP contribution >= 0.6 is 0 Å². The Kier molecular flexibility index (Phi) is 6.87. The van der Waals surface area contributed by atoms with Gasteiger partial charge in [0.25, 0.3) is 0 Å². The van der Waals surface area contributed by atoms with Gasteiger partial charge in [-0.15, -0.1) is 0 Å². The molecule has 2 amide bonds. The van der Waals surface area contributed by atoms with Gasteiger partial charge in [0.05, 0.1) is 11.4 Å². The first-order valence-corrected chi connectivity index (χ1v) is 9.02. The number of hydrogen-bond acceptors (Lipinski definition) is 7. The van der Waals surface area contributed by atoms with E-state index in [9.17, 15) is 9.59 Å². The van der Waals surface area contributed by atoms with Crippen molar-refractivity contribution in [3.8, 4) is 11.5 Å². The zero-order chi connectivity index (χ0) is 21.6. The first-order valence-electron chi connectivity index (χ1n) is 9.02. The number of likely N-dealkylation sites (N-methyl/N-ethyl adjacent to an activating group) is 1. The van der Waals surface area contributed by atoms with Crippen molar-refractivity contribution in [1.29, 1.82) is 0 Å². The number of nitrogens with two attached hydrogens (primary N) is 1. The number of aromatic nitrogens is 1. The minimum atomic E-state index is -0.635. The van der Waals surface area contributed by atoms with Crippen LogP contribution in [-0.2, 0) is 9.53 Å². The van der Waals surface area contributed by atoms with Gasteiger partial charge in [0.1, 0.15) is 29.5 Å². The second-order valence-electron chi connectivity index (χ2n) is 7.36. The van der Waals surface area contributed by atoms with Crippen LogP contribution in [0.2, 0.25) is 0 Å². The number of pyridine rings is 1. The van der Waals surface area contributed by atoms with Crippen LogP contribution < -0.4 is 21.1 Å². The first-order chi connectivity index (χ1) is 13.6. The van der Waals surface area contributed by atoms with E-state index < -0.39 is 17.6 Å². The Labute approximate surface area is 170 Å². The zero-order valence-electron chi connectivity index (χ0n) is 17.3. The van der Waals surface area contributed by atoms with Crippen molar-refractivity contribution < 1.29 is 19.1 Å². The van der Waals surface area contributed by atoms with Crippen molar-refractivity contribution in [2.75, 3.05) is 37.0 Å². The molecular formula is C20H27N5O4. The molecule has 9 nitrogen and oxygen atoms in total. The molecule has 0 aliphatic carbocycles. The molecule has 0 bridgehead atoms. The summed E-state index contributed by atoms with van der Waals surface area (Å²) in [7, 11) is 3.27. The Morgan fingerprint density at radius 3 is 2.48 bits per heavy atom. The number of nitrogens with one attached hydrogen (secondary N) is 2. The van der Waals surface area contributed by atoms with Gasteiger partial charge >= 0.3 is 6.09 Å². The number of nitrogens with zero attached hydrogens (tertiary/aromatic N) is 2. The van der Waals surface area contributed by atoms with Crippen molar-refractivity contribution in [1.82, 2.24) is 9.88 Å². The Bertz CT molecular complexity index is 879. The molecule has 0 spiro atoms. The number of anilines is 3. The smallest absolute Gasteiger partial charge is 0.410 e. The van der Waals surface area contributed by atoms with E-state index in [0.29, 0.717) is 23.0 Å². The number of carbonyl (C=O) groups excluding carboxylic acids is 2. The van der Waals surface area contributed by atoms with E-state index in [1.165, 1.54) is 18.1 Å². The zero-order valence-corrected chi connectivity index (χ0v) is 17.3. The van der Waals surface area contributed by atoms with Crippen molar-refractivity contribution in [2.24, 2.45) is 0 Å². The lowest BCUT2D eigenvalue weighted by molar-refractivity contribution is -0.117. The second-order valence-corrected chi connectivity index (χ2v) is 7.36. The van der Waals surface area contributed by atoms with Gasteiger partial charge in [-0.05, 0) is 39.0 Å². The predicted octanol–water partition coefficient (Wildman–Crippen LogP) is 3.30. The molecule has 0 saturated carbocycles. The Balaban J connectivity index is 1.98. The normalized spacial score (nSPS) is 10.8. The summed E-state index contributed by atoms with van der Waals surface area (Å²) in [6, 6.07) is 8.51. The third-order valence-corrected chi connectivity index (χ3v) is 3.61. The summed E-state index contributed by atoms with van der Waals surface area (Å²) >= 11 is 0. The van der Waals surface area contributed by atoms with Crippen molar-refractivity contribution in [2.45, 2.75) is 26.4 Å². The molecule has 2 rings (SSSR count). The van der Waals surface area contributed by atoms with Crippen LogP contribution in [0.4, 0.5) is 22.0 Å². The second kappa shape index (κ2) is 9.13. The summed E-state index contributed by atoms with van der Waals surface area (Å²) in [6.07, 6.45) is 0.925. The van der Waals surface area contributed by atoms with Gasteiger partial charge in [-0.3, -0.25) is 4.79 Å². The molecular weight excluding hydrogens is 374 g/mol. The van der Waals surface area contributed by atoms with Crippen LogP contribution in [0.25, 0.3) is 0 Å². The van der Waals surface area contributed by atoms with Crippen LogP contribution in [-0.4, -0.2) is 48.1 Å². The molecule has 156 valence electrons. The fourth-order valence-corrected chi connectivity index (χ4v) is 2.31. The van der Waals surface area contributed by atoms with E-state index in [0.717, 1.165) is 5.69 Å². The lowest BCUT2D eigenvalue weighted by Crippen LogP contribution is -2.38. The van der Waals surface area contributed by atoms with Gasteiger partial charge in [-0.2, -0.15) is 0 Å². The quantitative estimate of drug-likeness (QED) is 0.635. The number of nitrogen functional groups attached to an aromatic ring is 1. The van der Waals surface area contributed by atoms with Gasteiger partial charge in [0.2, 0.25) is 5.91 Å². The van der Waals surface area contributed by atoms with E-state index in [4.69, 9.17) is 15.2 Å². The topological polar surface area (TPSA) is 119 Å². The number of hydrogen-bond donors (Lipinski definition) is 3. The Morgan fingerprint density at radius 1 is 1.17 bits per heavy atom. The highest BCUT2D eigenvalue weighted by Crippen LogP contribution is 2.28. The first kappa shape index (κ1) is 21.8. The molecule has 9 heteroatoms. The molecule has 1 aromatic heterocycles. The number of carbonyl (C=O) groups is 2. The molecule has 0 atom stereocenters. The summed E-state index contributed by atoms with van der Waals surface area (Å²) in [4.78, 5) is 29.4. The molecule has 0 aliphatic rings. The summed E-state index contributed by atoms with van der Waals surface area (Å²) < 4.78 is 11.0. The van der Waals surface area contributed by atoms with Gasteiger partial charge in [0, 0.05) is 32.4 Å². The lowest BCUT2D eigenvalue weighted by Gasteiger charge is -2.24. The summed E-state index contributed by atoms with van der Waals surface area (Å²) in [5.41, 5.74) is 6.65. The number of rotatable bonds is 6. The van der Waals surface area contributed by atoms with E-state index in [-0.39, 0.29) is 6.54 Å². The monoisotopic (exact) mass is 401 g/mol. The maximum Gasteiger partial charge on any atom is 0.410 e. The lowest BCUT2D eigenvalue weighted by atomic mass is 10.2. The molecule has 2 aromatic rings. The highest BCUT2D eigenvalue weighted by atomic mass is 16.6. The molecule has 0 radical (unpaired) electrons. The third kappa shape index (κ3) is 6.87. The highest BCUT2D eigenvalue weighted by molar-refractivity contribution is 5.93. The molecule has 0 saturated heterocycles. The SMILES string of the molecule is CNc1ccc(Oc2ccnc(NC(=O)CN(C)C(=O)OC(C)(C)C)c2)cc1N. The predicted molar refractivity (Wildman–Crippen MR) is 112 cm³/mol. The minimum Gasteiger partial charge on any atom is -0.457 e. The van der Waals surface area contributed by atoms with E-state index >= 15 is 0 Å². The molecule has 4 N–H and O–H groups in total. The number of benzene rings is 1. The van der Waals surface area contributed by atoms with Crippen LogP contribution in [0.15, 0.2) is 36.5 Å². The maximum atomic E-state index is 12.2. The van der Waals surface area contributed by atoms with Crippen molar-refractivity contribution >= 4 is 29.2 Å². The molecule has 29 heavy (non-hydrogen) atoms. The van der Waals surface area contributed by atoms with Crippen LogP contribution in [0.3, 0.4) is 0 Å².